The highest BCUT2D eigenvalue weighted by atomic mass is 32.2. The molecule has 23 heavy (non-hydrogen) atoms. The van der Waals surface area contributed by atoms with Crippen molar-refractivity contribution in [2.45, 2.75) is 24.5 Å². The number of benzene rings is 1. The zero-order valence-electron chi connectivity index (χ0n) is 12.5. The van der Waals surface area contributed by atoms with E-state index in [2.05, 4.69) is 10.0 Å². The smallest absolute Gasteiger partial charge is 0.251 e. The third kappa shape index (κ3) is 4.92. The van der Waals surface area contributed by atoms with E-state index in [0.29, 0.717) is 11.3 Å². The summed E-state index contributed by atoms with van der Waals surface area (Å²) in [5.74, 6) is 0.126. The highest BCUT2D eigenvalue weighted by Crippen LogP contribution is 2.11. The zero-order chi connectivity index (χ0) is 16.9. The molecule has 1 amide bonds. The van der Waals surface area contributed by atoms with Crippen molar-refractivity contribution >= 4 is 15.9 Å². The van der Waals surface area contributed by atoms with Gasteiger partial charge in [-0.3, -0.25) is 4.79 Å². The van der Waals surface area contributed by atoms with Gasteiger partial charge in [-0.05, 0) is 43.3 Å². The van der Waals surface area contributed by atoms with Crippen LogP contribution >= 0.6 is 0 Å². The first kappa shape index (κ1) is 17.2. The molecular formula is C15H18N2O5S. The van der Waals surface area contributed by atoms with Gasteiger partial charge in [0.05, 0.1) is 23.8 Å². The Bertz CT molecular complexity index is 737. The minimum absolute atomic E-state index is 0.0476. The van der Waals surface area contributed by atoms with Crippen LogP contribution in [0.15, 0.2) is 52.0 Å². The van der Waals surface area contributed by atoms with Gasteiger partial charge in [0.25, 0.3) is 5.91 Å². The number of aliphatic hydroxyl groups is 1. The molecule has 1 heterocycles. The van der Waals surface area contributed by atoms with Gasteiger partial charge in [0.15, 0.2) is 0 Å². The summed E-state index contributed by atoms with van der Waals surface area (Å²) >= 11 is 0. The van der Waals surface area contributed by atoms with Crippen LogP contribution in [0.4, 0.5) is 0 Å². The molecule has 0 spiro atoms. The van der Waals surface area contributed by atoms with E-state index in [0.717, 1.165) is 0 Å². The Morgan fingerprint density at radius 1 is 1.26 bits per heavy atom. The van der Waals surface area contributed by atoms with Crippen molar-refractivity contribution < 1.29 is 22.7 Å². The second-order valence-corrected chi connectivity index (χ2v) is 6.75. The Morgan fingerprint density at radius 3 is 2.52 bits per heavy atom. The highest BCUT2D eigenvalue weighted by molar-refractivity contribution is 7.89. The molecule has 1 aromatic carbocycles. The summed E-state index contributed by atoms with van der Waals surface area (Å²) in [6.45, 7) is 1.73. The number of amides is 1. The Morgan fingerprint density at radius 2 is 1.96 bits per heavy atom. The molecule has 0 saturated heterocycles. The third-order valence-corrected chi connectivity index (χ3v) is 4.42. The SMILES string of the molecule is CC(O)CNC(=O)c1ccc(S(=O)(=O)NCc2ccco2)cc1. The van der Waals surface area contributed by atoms with E-state index in [9.17, 15) is 13.2 Å². The van der Waals surface area contributed by atoms with Gasteiger partial charge in [-0.1, -0.05) is 0 Å². The van der Waals surface area contributed by atoms with Crippen molar-refractivity contribution in [3.05, 3.63) is 54.0 Å². The lowest BCUT2D eigenvalue weighted by Crippen LogP contribution is -2.30. The second-order valence-electron chi connectivity index (χ2n) is 4.99. The van der Waals surface area contributed by atoms with Crippen molar-refractivity contribution in [1.29, 1.82) is 0 Å². The number of carbonyl (C=O) groups is 1. The first-order chi connectivity index (χ1) is 10.9. The number of sulfonamides is 1. The van der Waals surface area contributed by atoms with E-state index in [1.54, 1.807) is 19.1 Å². The molecule has 1 atom stereocenters. The summed E-state index contributed by atoms with van der Waals surface area (Å²) in [4.78, 5) is 11.8. The molecule has 0 radical (unpaired) electrons. The molecule has 2 aromatic rings. The maximum absolute atomic E-state index is 12.1. The number of carbonyl (C=O) groups excluding carboxylic acids is 1. The van der Waals surface area contributed by atoms with Crippen molar-refractivity contribution in [2.75, 3.05) is 6.54 Å². The lowest BCUT2D eigenvalue weighted by atomic mass is 10.2. The molecule has 3 N–H and O–H groups in total. The lowest BCUT2D eigenvalue weighted by Gasteiger charge is -2.08. The third-order valence-electron chi connectivity index (χ3n) is 3.00. The predicted molar refractivity (Wildman–Crippen MR) is 83.2 cm³/mol. The van der Waals surface area contributed by atoms with Crippen LogP contribution in [0, 0.1) is 0 Å². The first-order valence-electron chi connectivity index (χ1n) is 6.97. The fourth-order valence-electron chi connectivity index (χ4n) is 1.79. The molecule has 2 rings (SSSR count). The minimum atomic E-state index is -3.69. The number of hydrogen-bond acceptors (Lipinski definition) is 5. The molecule has 8 heteroatoms. The Kier molecular flexibility index (Phi) is 5.54. The van der Waals surface area contributed by atoms with Gasteiger partial charge >= 0.3 is 0 Å². The summed E-state index contributed by atoms with van der Waals surface area (Å²) in [6.07, 6.45) is 0.814. The number of hydrogen-bond donors (Lipinski definition) is 3. The number of rotatable bonds is 7. The van der Waals surface area contributed by atoms with Crippen LogP contribution in [0.2, 0.25) is 0 Å². The molecule has 7 nitrogen and oxygen atoms in total. The molecule has 0 bridgehead atoms. The van der Waals surface area contributed by atoms with E-state index in [1.807, 2.05) is 0 Å². The fraction of sp³-hybridized carbons (Fsp3) is 0.267. The van der Waals surface area contributed by atoms with E-state index in [4.69, 9.17) is 9.52 Å². The van der Waals surface area contributed by atoms with Gasteiger partial charge in [0.1, 0.15) is 5.76 Å². The standard InChI is InChI=1S/C15H18N2O5S/c1-11(18)9-16-15(19)12-4-6-14(7-5-12)23(20,21)17-10-13-3-2-8-22-13/h2-8,11,17-18H,9-10H2,1H3,(H,16,19). The fourth-order valence-corrected chi connectivity index (χ4v) is 2.78. The van der Waals surface area contributed by atoms with Gasteiger partial charge in [-0.15, -0.1) is 0 Å². The van der Waals surface area contributed by atoms with Crippen LogP contribution in [0.3, 0.4) is 0 Å². The zero-order valence-corrected chi connectivity index (χ0v) is 13.3. The minimum Gasteiger partial charge on any atom is -0.468 e. The summed E-state index contributed by atoms with van der Waals surface area (Å²) in [7, 11) is -3.69. The summed E-state index contributed by atoms with van der Waals surface area (Å²) in [5, 5.41) is 11.7. The summed E-state index contributed by atoms with van der Waals surface area (Å²) in [6, 6.07) is 8.86. The normalized spacial score (nSPS) is 12.8. The number of furan rings is 1. The predicted octanol–water partition coefficient (Wildman–Crippen LogP) is 0.869. The molecule has 1 unspecified atom stereocenters. The van der Waals surface area contributed by atoms with Crippen LogP contribution in [-0.2, 0) is 16.6 Å². The lowest BCUT2D eigenvalue weighted by molar-refractivity contribution is 0.0924. The van der Waals surface area contributed by atoms with Crippen LogP contribution in [0.1, 0.15) is 23.0 Å². The number of aliphatic hydroxyl groups excluding tert-OH is 1. The maximum atomic E-state index is 12.1. The Hall–Kier alpha value is -2.16. The van der Waals surface area contributed by atoms with Gasteiger partial charge in [0, 0.05) is 12.1 Å². The van der Waals surface area contributed by atoms with Crippen molar-refractivity contribution in [2.24, 2.45) is 0 Å². The topological polar surface area (TPSA) is 109 Å². The average Bonchev–Trinajstić information content (AvgIpc) is 3.04. The van der Waals surface area contributed by atoms with E-state index >= 15 is 0 Å². The Labute approximate surface area is 134 Å². The molecule has 1 aromatic heterocycles. The van der Waals surface area contributed by atoms with E-state index < -0.39 is 16.1 Å². The van der Waals surface area contributed by atoms with Crippen molar-refractivity contribution in [1.82, 2.24) is 10.0 Å². The van der Waals surface area contributed by atoms with Crippen LogP contribution < -0.4 is 10.0 Å². The van der Waals surface area contributed by atoms with Gasteiger partial charge in [-0.25, -0.2) is 13.1 Å². The van der Waals surface area contributed by atoms with Crippen LogP contribution in [0.25, 0.3) is 0 Å². The van der Waals surface area contributed by atoms with Gasteiger partial charge in [-0.2, -0.15) is 0 Å². The molecule has 0 saturated carbocycles. The highest BCUT2D eigenvalue weighted by Gasteiger charge is 2.15. The molecule has 0 aliphatic carbocycles. The molecule has 0 fully saturated rings. The van der Waals surface area contributed by atoms with Crippen LogP contribution in [0.5, 0.6) is 0 Å². The average molecular weight is 338 g/mol. The van der Waals surface area contributed by atoms with Crippen molar-refractivity contribution in [3.63, 3.8) is 0 Å². The monoisotopic (exact) mass is 338 g/mol. The summed E-state index contributed by atoms with van der Waals surface area (Å²) < 4.78 is 31.7. The molecule has 0 aliphatic rings. The maximum Gasteiger partial charge on any atom is 0.251 e. The molecular weight excluding hydrogens is 320 g/mol. The largest absolute Gasteiger partial charge is 0.468 e. The van der Waals surface area contributed by atoms with Crippen molar-refractivity contribution in [3.8, 4) is 0 Å². The number of nitrogens with one attached hydrogen (secondary N) is 2. The first-order valence-corrected chi connectivity index (χ1v) is 8.45. The van der Waals surface area contributed by atoms with E-state index in [-0.39, 0.29) is 23.9 Å². The summed E-state index contributed by atoms with van der Waals surface area (Å²) in [5.41, 5.74) is 0.315. The van der Waals surface area contributed by atoms with Gasteiger partial charge < -0.3 is 14.8 Å². The second kappa shape index (κ2) is 7.40. The molecule has 0 aliphatic heterocycles. The van der Waals surface area contributed by atoms with Crippen LogP contribution in [-0.4, -0.2) is 32.1 Å². The van der Waals surface area contributed by atoms with Gasteiger partial charge in [0.2, 0.25) is 10.0 Å². The quantitative estimate of drug-likeness (QED) is 0.694. The molecule has 124 valence electrons. The van der Waals surface area contributed by atoms with E-state index in [1.165, 1.54) is 30.5 Å². The Balaban J connectivity index is 2.01.